The smallest absolute Gasteiger partial charge is 0.200 e. The van der Waals surface area contributed by atoms with Crippen molar-refractivity contribution < 1.29 is 22.0 Å². The molecule has 0 fully saturated rings. The van der Waals surface area contributed by atoms with Crippen LogP contribution < -0.4 is 10.9 Å². The quantitative estimate of drug-likeness (QED) is 0.144. The molecule has 3 nitrogen and oxygen atoms in total. The molecule has 0 atom stereocenters. The Morgan fingerprint density at radius 3 is 1.43 bits per heavy atom. The molecule has 1 aromatic heterocycles. The van der Waals surface area contributed by atoms with Crippen molar-refractivity contribution in [3.63, 3.8) is 0 Å². The summed E-state index contributed by atoms with van der Waals surface area (Å²) in [6.45, 7) is 0. The molecule has 9 heteroatoms. The molecule has 1 heterocycles. The minimum absolute atomic E-state index is 0. The summed E-state index contributed by atoms with van der Waals surface area (Å²) < 4.78 is 67.8. The molecule has 0 radical (unpaired) electrons. The van der Waals surface area contributed by atoms with E-state index in [2.05, 4.69) is 15.8 Å². The number of para-hydroxylation sites is 2. The fourth-order valence-corrected chi connectivity index (χ4v) is 2.81. The molecular formula is C19H11ClF5N3. The number of aromatic nitrogens is 1. The average molecular weight is 412 g/mol. The molecule has 3 aromatic carbocycles. The summed E-state index contributed by atoms with van der Waals surface area (Å²) in [7, 11) is 0. The van der Waals surface area contributed by atoms with Crippen LogP contribution in [-0.4, -0.2) is 4.98 Å². The maximum absolute atomic E-state index is 13.9. The van der Waals surface area contributed by atoms with Crippen LogP contribution in [0.5, 0.6) is 0 Å². The van der Waals surface area contributed by atoms with Crippen LogP contribution in [-0.2, 0) is 0 Å². The van der Waals surface area contributed by atoms with E-state index in [-0.39, 0.29) is 12.4 Å². The van der Waals surface area contributed by atoms with Crippen molar-refractivity contribution in [1.82, 2.24) is 4.98 Å². The largest absolute Gasteiger partial charge is 0.299 e. The van der Waals surface area contributed by atoms with Crippen LogP contribution in [0, 0.1) is 29.1 Å². The molecule has 0 spiro atoms. The van der Waals surface area contributed by atoms with Crippen LogP contribution in [0.3, 0.4) is 0 Å². The summed E-state index contributed by atoms with van der Waals surface area (Å²) in [4.78, 5) is 4.48. The predicted molar refractivity (Wildman–Crippen MR) is 100.0 cm³/mol. The third kappa shape index (κ3) is 3.05. The molecule has 4 aromatic rings. The van der Waals surface area contributed by atoms with Crippen molar-refractivity contribution in [3.05, 3.63) is 77.6 Å². The van der Waals surface area contributed by atoms with Crippen LogP contribution in [0.2, 0.25) is 0 Å². The summed E-state index contributed by atoms with van der Waals surface area (Å²) in [6.07, 6.45) is 0. The third-order valence-electron chi connectivity index (χ3n) is 4.11. The summed E-state index contributed by atoms with van der Waals surface area (Å²) in [5.74, 6) is -10.2. The second-order valence-electron chi connectivity index (χ2n) is 5.72. The summed E-state index contributed by atoms with van der Waals surface area (Å²) in [5.41, 5.74) is 5.10. The highest BCUT2D eigenvalue weighted by Crippen LogP contribution is 2.32. The number of halogens is 6. The van der Waals surface area contributed by atoms with Crippen molar-refractivity contribution in [3.8, 4) is 0 Å². The van der Waals surface area contributed by atoms with E-state index < -0.39 is 34.8 Å². The molecule has 0 amide bonds. The molecule has 0 aliphatic carbocycles. The average Bonchev–Trinajstić information content (AvgIpc) is 2.70. The molecule has 4 rings (SSSR count). The monoisotopic (exact) mass is 411 g/mol. The van der Waals surface area contributed by atoms with E-state index in [0.717, 1.165) is 0 Å². The van der Waals surface area contributed by atoms with E-state index in [0.29, 0.717) is 27.5 Å². The number of benzene rings is 3. The highest BCUT2D eigenvalue weighted by molar-refractivity contribution is 6.07. The van der Waals surface area contributed by atoms with Crippen molar-refractivity contribution >= 4 is 45.6 Å². The Kier molecular flexibility index (Phi) is 5.24. The normalized spacial score (nSPS) is 10.8. The lowest BCUT2D eigenvalue weighted by Gasteiger charge is -2.16. The van der Waals surface area contributed by atoms with Crippen molar-refractivity contribution in [1.29, 1.82) is 0 Å². The fraction of sp³-hybridized carbons (Fsp3) is 0. The second-order valence-corrected chi connectivity index (χ2v) is 5.72. The highest BCUT2D eigenvalue weighted by Gasteiger charge is 2.26. The number of nitrogens with zero attached hydrogens (tertiary/aromatic N) is 1. The molecule has 144 valence electrons. The summed E-state index contributed by atoms with van der Waals surface area (Å²) in [6, 6.07) is 13.9. The Morgan fingerprint density at radius 1 is 0.536 bits per heavy atom. The van der Waals surface area contributed by atoms with Gasteiger partial charge in [0.05, 0.1) is 16.7 Å². The van der Waals surface area contributed by atoms with E-state index in [9.17, 15) is 22.0 Å². The van der Waals surface area contributed by atoms with Crippen LogP contribution in [0.15, 0.2) is 48.5 Å². The van der Waals surface area contributed by atoms with Gasteiger partial charge in [0.15, 0.2) is 23.3 Å². The fourth-order valence-electron chi connectivity index (χ4n) is 2.81. The van der Waals surface area contributed by atoms with Gasteiger partial charge in [-0.1, -0.05) is 36.4 Å². The molecular weight excluding hydrogens is 401 g/mol. The molecule has 0 aliphatic heterocycles. The lowest BCUT2D eigenvalue weighted by atomic mass is 10.1. The molecule has 28 heavy (non-hydrogen) atoms. The van der Waals surface area contributed by atoms with E-state index in [1.165, 1.54) is 0 Å². The van der Waals surface area contributed by atoms with Crippen LogP contribution >= 0.6 is 12.4 Å². The van der Waals surface area contributed by atoms with Gasteiger partial charge in [-0.05, 0) is 12.1 Å². The number of pyridine rings is 1. The Bertz CT molecular complexity index is 1120. The first kappa shape index (κ1) is 19.6. The first-order chi connectivity index (χ1) is 13.0. The number of hydrogen-bond donors (Lipinski definition) is 2. The Balaban J connectivity index is 0.00000225. The Labute approximate surface area is 161 Å². The standard InChI is InChI=1S/C19H10F5N3.ClH/c20-13-14(21)16(23)19(17(24)15(13)22)27-26-18-9-5-1-3-7-11(9)25-12-8-4-2-6-10(12)18;/h1-8,27H,(H,25,26);1H. The van der Waals surface area contributed by atoms with Gasteiger partial charge in [-0.25, -0.2) is 26.9 Å². The number of anilines is 2. The van der Waals surface area contributed by atoms with Crippen molar-refractivity contribution in [2.45, 2.75) is 0 Å². The minimum Gasteiger partial charge on any atom is -0.299 e. The maximum Gasteiger partial charge on any atom is 0.200 e. The number of nitrogens with one attached hydrogen (secondary N) is 2. The van der Waals surface area contributed by atoms with Gasteiger partial charge >= 0.3 is 0 Å². The van der Waals surface area contributed by atoms with Gasteiger partial charge in [-0.15, -0.1) is 12.4 Å². The predicted octanol–water partition coefficient (Wildman–Crippen LogP) is 5.94. The van der Waals surface area contributed by atoms with E-state index in [1.807, 2.05) is 0 Å². The molecule has 2 N–H and O–H groups in total. The Morgan fingerprint density at radius 2 is 0.929 bits per heavy atom. The summed E-state index contributed by atoms with van der Waals surface area (Å²) in [5, 5.41) is 1.21. The van der Waals surface area contributed by atoms with Crippen molar-refractivity contribution in [2.24, 2.45) is 0 Å². The van der Waals surface area contributed by atoms with E-state index in [4.69, 9.17) is 0 Å². The SMILES string of the molecule is Cl.Fc1c(F)c(F)c(NNc2c3ccccc3nc3ccccc23)c(F)c1F. The summed E-state index contributed by atoms with van der Waals surface area (Å²) >= 11 is 0. The molecule has 0 saturated heterocycles. The van der Waals surface area contributed by atoms with Gasteiger partial charge in [-0.3, -0.25) is 10.9 Å². The highest BCUT2D eigenvalue weighted by atomic mass is 35.5. The number of fused-ring (bicyclic) bond motifs is 2. The van der Waals surface area contributed by atoms with E-state index in [1.54, 1.807) is 48.5 Å². The van der Waals surface area contributed by atoms with E-state index >= 15 is 0 Å². The first-order valence-corrected chi connectivity index (χ1v) is 7.80. The van der Waals surface area contributed by atoms with Crippen LogP contribution in [0.1, 0.15) is 0 Å². The number of rotatable bonds is 3. The van der Waals surface area contributed by atoms with Gasteiger partial charge in [0.2, 0.25) is 5.82 Å². The molecule has 0 saturated carbocycles. The lowest BCUT2D eigenvalue weighted by molar-refractivity contribution is 0.381. The van der Waals surface area contributed by atoms with Gasteiger partial charge in [0.25, 0.3) is 0 Å². The van der Waals surface area contributed by atoms with Gasteiger partial charge in [-0.2, -0.15) is 0 Å². The number of hydrazine groups is 1. The maximum atomic E-state index is 13.9. The molecule has 0 bridgehead atoms. The zero-order valence-corrected chi connectivity index (χ0v) is 14.7. The molecule has 0 unspecified atom stereocenters. The zero-order chi connectivity index (χ0) is 19.1. The van der Waals surface area contributed by atoms with Crippen LogP contribution in [0.25, 0.3) is 21.8 Å². The van der Waals surface area contributed by atoms with Crippen molar-refractivity contribution in [2.75, 3.05) is 10.9 Å². The zero-order valence-electron chi connectivity index (χ0n) is 13.9. The number of hydrogen-bond acceptors (Lipinski definition) is 3. The van der Waals surface area contributed by atoms with Gasteiger partial charge < -0.3 is 0 Å². The van der Waals surface area contributed by atoms with Crippen LogP contribution in [0.4, 0.5) is 33.3 Å². The lowest BCUT2D eigenvalue weighted by Crippen LogP contribution is -2.15. The minimum atomic E-state index is -2.21. The second kappa shape index (κ2) is 7.47. The topological polar surface area (TPSA) is 37.0 Å². The van der Waals surface area contributed by atoms with Gasteiger partial charge in [0, 0.05) is 10.8 Å². The van der Waals surface area contributed by atoms with Gasteiger partial charge in [0.1, 0.15) is 5.69 Å². The molecule has 0 aliphatic rings. The Hall–Kier alpha value is -3.13. The third-order valence-corrected chi connectivity index (χ3v) is 4.11. The first-order valence-electron chi connectivity index (χ1n) is 7.80.